The number of rotatable bonds is 9. The smallest absolute Gasteiger partial charge is 0.190 e. The van der Waals surface area contributed by atoms with E-state index >= 15 is 0 Å². The molecule has 136 valence electrons. The number of ether oxygens (including phenoxy) is 2. The van der Waals surface area contributed by atoms with E-state index in [2.05, 4.69) is 35.5 Å². The van der Waals surface area contributed by atoms with Crippen molar-refractivity contribution in [2.45, 2.75) is 46.1 Å². The maximum Gasteiger partial charge on any atom is 0.190 e. The summed E-state index contributed by atoms with van der Waals surface area (Å²) in [6.07, 6.45) is 5.60. The number of nitrogens with one attached hydrogen (secondary N) is 2. The van der Waals surface area contributed by atoms with Gasteiger partial charge in [0.05, 0.1) is 19.3 Å². The minimum Gasteiger partial charge on any atom is -0.378 e. The average Bonchev–Trinajstić information content (AvgIpc) is 2.53. The van der Waals surface area contributed by atoms with Crippen molar-refractivity contribution in [1.29, 1.82) is 0 Å². The highest BCUT2D eigenvalue weighted by atomic mass is 127. The van der Waals surface area contributed by atoms with E-state index < -0.39 is 0 Å². The van der Waals surface area contributed by atoms with Gasteiger partial charge in [0.1, 0.15) is 0 Å². The SMILES string of the molecule is CCOC(CCNC(=NC)NCCC1=CCOCC1)C(C)C.I. The van der Waals surface area contributed by atoms with E-state index in [0.29, 0.717) is 12.0 Å². The molecule has 0 amide bonds. The van der Waals surface area contributed by atoms with E-state index in [-0.39, 0.29) is 24.0 Å². The van der Waals surface area contributed by atoms with E-state index in [9.17, 15) is 0 Å². The van der Waals surface area contributed by atoms with Crippen molar-refractivity contribution in [1.82, 2.24) is 10.6 Å². The number of hydrogen-bond donors (Lipinski definition) is 2. The van der Waals surface area contributed by atoms with Crippen molar-refractivity contribution in [2.75, 3.05) is 40.0 Å². The second kappa shape index (κ2) is 14.0. The molecule has 1 rings (SSSR count). The molecule has 0 aromatic heterocycles. The monoisotopic (exact) mass is 439 g/mol. The summed E-state index contributed by atoms with van der Waals surface area (Å²) in [5, 5.41) is 6.73. The van der Waals surface area contributed by atoms with Gasteiger partial charge in [-0.3, -0.25) is 4.99 Å². The summed E-state index contributed by atoms with van der Waals surface area (Å²) in [4.78, 5) is 4.27. The van der Waals surface area contributed by atoms with Gasteiger partial charge in [-0.15, -0.1) is 24.0 Å². The van der Waals surface area contributed by atoms with Crippen LogP contribution in [0.3, 0.4) is 0 Å². The standard InChI is InChI=1S/C17H33N3O2.HI/c1-5-22-16(14(2)3)7-11-20-17(18-4)19-10-6-15-8-12-21-13-9-15;/h8,14,16H,5-7,9-13H2,1-4H3,(H2,18,19,20);1H. The third kappa shape index (κ3) is 10.2. The molecule has 0 spiro atoms. The van der Waals surface area contributed by atoms with Crippen LogP contribution in [0.1, 0.15) is 40.0 Å². The number of guanidine groups is 1. The van der Waals surface area contributed by atoms with Crippen LogP contribution in [0.5, 0.6) is 0 Å². The first-order valence-electron chi connectivity index (χ1n) is 8.49. The Hall–Kier alpha value is -0.340. The second-order valence-electron chi connectivity index (χ2n) is 5.89. The first-order valence-corrected chi connectivity index (χ1v) is 8.49. The summed E-state index contributed by atoms with van der Waals surface area (Å²) in [5.41, 5.74) is 1.48. The zero-order valence-electron chi connectivity index (χ0n) is 15.1. The lowest BCUT2D eigenvalue weighted by Crippen LogP contribution is -2.39. The van der Waals surface area contributed by atoms with Gasteiger partial charge in [-0.2, -0.15) is 0 Å². The Balaban J connectivity index is 0.00000484. The van der Waals surface area contributed by atoms with Crippen molar-refractivity contribution >= 4 is 29.9 Å². The molecular formula is C17H34IN3O2. The Morgan fingerprint density at radius 3 is 2.65 bits per heavy atom. The van der Waals surface area contributed by atoms with Gasteiger partial charge in [0, 0.05) is 26.7 Å². The zero-order valence-corrected chi connectivity index (χ0v) is 17.4. The lowest BCUT2D eigenvalue weighted by molar-refractivity contribution is 0.0258. The molecule has 1 heterocycles. The average molecular weight is 439 g/mol. The van der Waals surface area contributed by atoms with Gasteiger partial charge < -0.3 is 20.1 Å². The third-order valence-electron chi connectivity index (χ3n) is 3.87. The lowest BCUT2D eigenvalue weighted by Gasteiger charge is -2.21. The van der Waals surface area contributed by atoms with Crippen molar-refractivity contribution in [3.05, 3.63) is 11.6 Å². The van der Waals surface area contributed by atoms with Crippen molar-refractivity contribution < 1.29 is 9.47 Å². The molecule has 5 nitrogen and oxygen atoms in total. The predicted molar refractivity (Wildman–Crippen MR) is 108 cm³/mol. The molecule has 23 heavy (non-hydrogen) atoms. The highest BCUT2D eigenvalue weighted by molar-refractivity contribution is 14.0. The fourth-order valence-corrected chi connectivity index (χ4v) is 2.51. The quantitative estimate of drug-likeness (QED) is 0.251. The number of nitrogens with zero attached hydrogens (tertiary/aromatic N) is 1. The van der Waals surface area contributed by atoms with Crippen LogP contribution in [-0.4, -0.2) is 52.0 Å². The Morgan fingerprint density at radius 2 is 2.09 bits per heavy atom. The van der Waals surface area contributed by atoms with E-state index in [0.717, 1.165) is 58.1 Å². The van der Waals surface area contributed by atoms with Crippen LogP contribution >= 0.6 is 24.0 Å². The van der Waals surface area contributed by atoms with Gasteiger partial charge in [-0.05, 0) is 32.1 Å². The first-order chi connectivity index (χ1) is 10.7. The third-order valence-corrected chi connectivity index (χ3v) is 3.87. The summed E-state index contributed by atoms with van der Waals surface area (Å²) < 4.78 is 11.1. The Kier molecular flexibility index (Phi) is 13.8. The van der Waals surface area contributed by atoms with E-state index in [4.69, 9.17) is 9.47 Å². The highest BCUT2D eigenvalue weighted by Gasteiger charge is 2.13. The molecule has 1 aliphatic rings. The minimum absolute atomic E-state index is 0. The van der Waals surface area contributed by atoms with Gasteiger partial charge in [0.15, 0.2) is 5.96 Å². The van der Waals surface area contributed by atoms with Crippen LogP contribution in [0.15, 0.2) is 16.6 Å². The van der Waals surface area contributed by atoms with Crippen molar-refractivity contribution in [3.63, 3.8) is 0 Å². The highest BCUT2D eigenvalue weighted by Crippen LogP contribution is 2.11. The summed E-state index contributed by atoms with van der Waals surface area (Å²) in [6, 6.07) is 0. The Labute approximate surface area is 158 Å². The summed E-state index contributed by atoms with van der Waals surface area (Å²) in [6.45, 7) is 10.6. The molecule has 0 aromatic rings. The maximum absolute atomic E-state index is 5.76. The molecule has 0 saturated carbocycles. The maximum atomic E-state index is 5.76. The molecule has 1 unspecified atom stereocenters. The molecule has 0 radical (unpaired) electrons. The number of hydrogen-bond acceptors (Lipinski definition) is 3. The summed E-state index contributed by atoms with van der Waals surface area (Å²) >= 11 is 0. The topological polar surface area (TPSA) is 54.9 Å². The normalized spacial score (nSPS) is 16.6. The van der Waals surface area contributed by atoms with Gasteiger partial charge in [0.2, 0.25) is 0 Å². The fraction of sp³-hybridized carbons (Fsp3) is 0.824. The summed E-state index contributed by atoms with van der Waals surface area (Å²) in [5.74, 6) is 1.41. The van der Waals surface area contributed by atoms with Gasteiger partial charge >= 0.3 is 0 Å². The molecule has 0 bridgehead atoms. The molecule has 0 aromatic carbocycles. The van der Waals surface area contributed by atoms with Crippen LogP contribution in [0, 0.1) is 5.92 Å². The van der Waals surface area contributed by atoms with E-state index in [1.165, 1.54) is 5.57 Å². The summed E-state index contributed by atoms with van der Waals surface area (Å²) in [7, 11) is 1.81. The molecule has 1 atom stereocenters. The zero-order chi connectivity index (χ0) is 16.2. The first kappa shape index (κ1) is 22.7. The molecule has 1 aliphatic heterocycles. The van der Waals surface area contributed by atoms with Crippen molar-refractivity contribution in [2.24, 2.45) is 10.9 Å². The van der Waals surface area contributed by atoms with Crippen LogP contribution in [0.4, 0.5) is 0 Å². The largest absolute Gasteiger partial charge is 0.378 e. The van der Waals surface area contributed by atoms with Gasteiger partial charge in [-0.1, -0.05) is 25.5 Å². The van der Waals surface area contributed by atoms with E-state index in [1.807, 2.05) is 14.0 Å². The molecule has 0 aliphatic carbocycles. The molecule has 0 fully saturated rings. The van der Waals surface area contributed by atoms with E-state index in [1.54, 1.807) is 0 Å². The second-order valence-corrected chi connectivity index (χ2v) is 5.89. The fourth-order valence-electron chi connectivity index (χ4n) is 2.51. The van der Waals surface area contributed by atoms with Crippen LogP contribution in [0.2, 0.25) is 0 Å². The number of aliphatic imine (C=N–C) groups is 1. The number of halogens is 1. The molecule has 6 heteroatoms. The van der Waals surface area contributed by atoms with Crippen LogP contribution < -0.4 is 10.6 Å². The van der Waals surface area contributed by atoms with Gasteiger partial charge in [-0.25, -0.2) is 0 Å². The van der Waals surface area contributed by atoms with Gasteiger partial charge in [0.25, 0.3) is 0 Å². The predicted octanol–water partition coefficient (Wildman–Crippen LogP) is 2.96. The Bertz CT molecular complexity index is 360. The van der Waals surface area contributed by atoms with Crippen LogP contribution in [0.25, 0.3) is 0 Å². The molecule has 2 N–H and O–H groups in total. The molecule has 0 saturated heterocycles. The Morgan fingerprint density at radius 1 is 1.35 bits per heavy atom. The van der Waals surface area contributed by atoms with Crippen molar-refractivity contribution in [3.8, 4) is 0 Å². The van der Waals surface area contributed by atoms with Crippen LogP contribution in [-0.2, 0) is 9.47 Å². The lowest BCUT2D eigenvalue weighted by atomic mass is 10.0. The molecular weight excluding hydrogens is 405 g/mol. The minimum atomic E-state index is 0.